The number of nitrogens with one attached hydrogen (secondary N) is 1. The van der Waals surface area contributed by atoms with Crippen molar-refractivity contribution in [3.05, 3.63) is 57.1 Å². The van der Waals surface area contributed by atoms with Crippen molar-refractivity contribution in [1.82, 2.24) is 29.4 Å². The fraction of sp³-hybridized carbons (Fsp3) is 0.474. The van der Waals surface area contributed by atoms with Crippen LogP contribution in [0, 0.1) is 5.82 Å². The number of alkyl halides is 2. The molecule has 0 radical (unpaired) electrons. The van der Waals surface area contributed by atoms with Crippen molar-refractivity contribution >= 4 is 50.6 Å². The van der Waals surface area contributed by atoms with Crippen LogP contribution in [0.3, 0.4) is 0 Å². The first-order valence-electron chi connectivity index (χ1n) is 10.7. The van der Waals surface area contributed by atoms with Gasteiger partial charge >= 0.3 is 13.4 Å². The van der Waals surface area contributed by atoms with Crippen LogP contribution in [0.25, 0.3) is 11.0 Å². The third-order valence-electron chi connectivity index (χ3n) is 5.37. The van der Waals surface area contributed by atoms with Gasteiger partial charge in [-0.15, -0.1) is 5.10 Å². The molecule has 2 aromatic heterocycles. The minimum atomic E-state index is -4.08. The van der Waals surface area contributed by atoms with Gasteiger partial charge in [0.2, 0.25) is 5.82 Å². The van der Waals surface area contributed by atoms with Crippen LogP contribution in [0.2, 0.25) is 0 Å². The zero-order valence-electron chi connectivity index (χ0n) is 18.6. The van der Waals surface area contributed by atoms with E-state index in [1.165, 1.54) is 4.67 Å². The van der Waals surface area contributed by atoms with Crippen LogP contribution in [0.5, 0.6) is 0 Å². The molecule has 36 heavy (non-hydrogen) atoms. The smallest absolute Gasteiger partial charge is 0.390 e. The predicted octanol–water partition coefficient (Wildman–Crippen LogP) is 1.41. The molecule has 3 aromatic rings. The molecular formula is C19H22Br2FN6O7P. The first-order chi connectivity index (χ1) is 17.3. The molecule has 196 valence electrons. The van der Waals surface area contributed by atoms with Gasteiger partial charge in [-0.1, -0.05) is 48.8 Å². The monoisotopic (exact) mass is 654 g/mol. The second kappa shape index (κ2) is 11.6. The Bertz CT molecular complexity index is 1360. The van der Waals surface area contributed by atoms with Crippen LogP contribution in [0.4, 0.5) is 4.39 Å². The minimum Gasteiger partial charge on any atom is -0.390 e. The number of aromatic nitrogens is 5. The first kappa shape index (κ1) is 27.1. The number of aliphatic hydroxyl groups excluding tert-OH is 1. The summed E-state index contributed by atoms with van der Waals surface area (Å²) >= 11 is 6.66. The molecule has 0 aliphatic carbocycles. The Morgan fingerprint density at radius 2 is 2.00 bits per heavy atom. The van der Waals surface area contributed by atoms with E-state index in [0.717, 1.165) is 9.41 Å². The highest BCUT2D eigenvalue weighted by atomic mass is 79.9. The topological polar surface area (TPSA) is 154 Å². The molecular weight excluding hydrogens is 634 g/mol. The standard InChI is InChI=1S/C19H22Br2FN6O7P/c20-5-7-26(8-6-21)36(32,35-28-14-4-2-1-3-13(14)24-25-28)33-11-16-15(29)9-17(34-16)27-10-12(22)18(30)23-19(27)31/h1-4,10,15-17,29H,5-9,11H2,(H,23,30,31)/t15-,16+,17+,36?/m0/s1. The van der Waals surface area contributed by atoms with Crippen LogP contribution in [0.1, 0.15) is 12.6 Å². The van der Waals surface area contributed by atoms with E-state index in [9.17, 15) is 23.7 Å². The third kappa shape index (κ3) is 5.79. The van der Waals surface area contributed by atoms with Crippen LogP contribution in [-0.4, -0.2) is 77.0 Å². The number of halogens is 3. The van der Waals surface area contributed by atoms with Gasteiger partial charge in [0, 0.05) is 30.2 Å². The molecule has 0 saturated carbocycles. The second-order valence-electron chi connectivity index (χ2n) is 7.70. The summed E-state index contributed by atoms with van der Waals surface area (Å²) in [4.78, 5) is 26.2. The Morgan fingerprint density at radius 3 is 2.72 bits per heavy atom. The van der Waals surface area contributed by atoms with Gasteiger partial charge in [0.05, 0.1) is 18.9 Å². The highest BCUT2D eigenvalue weighted by molar-refractivity contribution is 9.09. The normalized spacial score (nSPS) is 21.8. The van der Waals surface area contributed by atoms with E-state index in [1.807, 2.05) is 4.98 Å². The average Bonchev–Trinajstić information content (AvgIpc) is 3.43. The summed E-state index contributed by atoms with van der Waals surface area (Å²) in [7, 11) is -4.08. The molecule has 2 N–H and O–H groups in total. The minimum absolute atomic E-state index is 0.0925. The van der Waals surface area contributed by atoms with Crippen molar-refractivity contribution in [2.24, 2.45) is 0 Å². The highest BCUT2D eigenvalue weighted by Gasteiger charge is 2.41. The molecule has 1 saturated heterocycles. The third-order valence-corrected chi connectivity index (χ3v) is 8.01. The van der Waals surface area contributed by atoms with Gasteiger partial charge in [-0.2, -0.15) is 9.06 Å². The Labute approximate surface area is 219 Å². The lowest BCUT2D eigenvalue weighted by Gasteiger charge is -2.29. The van der Waals surface area contributed by atoms with Crippen molar-refractivity contribution in [3.63, 3.8) is 0 Å². The van der Waals surface area contributed by atoms with E-state index in [4.69, 9.17) is 13.9 Å². The molecule has 0 spiro atoms. The largest absolute Gasteiger partial charge is 0.481 e. The number of rotatable bonds is 11. The SMILES string of the molecule is O=c1[nH]c(=O)n([C@H]2C[C@H](O)[C@@H](COP(=O)(On3nnc4ccccc43)N(CCBr)CCBr)O2)cc1F. The lowest BCUT2D eigenvalue weighted by atomic mass is 10.2. The van der Waals surface area contributed by atoms with E-state index >= 15 is 0 Å². The van der Waals surface area contributed by atoms with E-state index in [1.54, 1.807) is 24.3 Å². The molecule has 1 unspecified atom stereocenters. The quantitative estimate of drug-likeness (QED) is 0.229. The van der Waals surface area contributed by atoms with Crippen LogP contribution in [-0.2, 0) is 13.8 Å². The maximum Gasteiger partial charge on any atom is 0.481 e. The molecule has 0 amide bonds. The molecule has 13 nitrogen and oxygen atoms in total. The van der Waals surface area contributed by atoms with Gasteiger partial charge in [-0.3, -0.25) is 18.9 Å². The average molecular weight is 656 g/mol. The Kier molecular flexibility index (Phi) is 8.75. The Balaban J connectivity index is 1.55. The summed E-state index contributed by atoms with van der Waals surface area (Å²) in [5.41, 5.74) is -1.07. The molecule has 4 rings (SSSR count). The number of hydrogen-bond acceptors (Lipinski definition) is 9. The molecule has 1 aliphatic heterocycles. The van der Waals surface area contributed by atoms with E-state index in [-0.39, 0.29) is 26.1 Å². The van der Waals surface area contributed by atoms with Crippen molar-refractivity contribution in [3.8, 4) is 0 Å². The van der Waals surface area contributed by atoms with Crippen LogP contribution < -0.4 is 15.9 Å². The molecule has 0 bridgehead atoms. The first-order valence-corrected chi connectivity index (χ1v) is 14.5. The molecule has 4 atom stereocenters. The molecule has 3 heterocycles. The lowest BCUT2D eigenvalue weighted by Crippen LogP contribution is -2.35. The van der Waals surface area contributed by atoms with Crippen LogP contribution >= 0.6 is 39.6 Å². The van der Waals surface area contributed by atoms with E-state index < -0.39 is 43.2 Å². The summed E-state index contributed by atoms with van der Waals surface area (Å²) in [5.74, 6) is -1.18. The maximum absolute atomic E-state index is 14.0. The lowest BCUT2D eigenvalue weighted by molar-refractivity contribution is -0.0462. The van der Waals surface area contributed by atoms with Gasteiger partial charge in [-0.05, 0) is 17.3 Å². The number of aromatic amines is 1. The van der Waals surface area contributed by atoms with Gasteiger partial charge in [0.1, 0.15) is 23.4 Å². The second-order valence-corrected chi connectivity index (χ2v) is 11.2. The summed E-state index contributed by atoms with van der Waals surface area (Å²) in [6.07, 6.45) is -2.63. The van der Waals surface area contributed by atoms with Crippen molar-refractivity contribution in [2.45, 2.75) is 24.9 Å². The fourth-order valence-corrected chi connectivity index (χ4v) is 6.65. The number of benzene rings is 1. The molecule has 1 aliphatic rings. The van der Waals surface area contributed by atoms with Gasteiger partial charge in [-0.25, -0.2) is 9.36 Å². The number of nitrogens with zero attached hydrogens (tertiary/aromatic N) is 5. The molecule has 17 heteroatoms. The Morgan fingerprint density at radius 1 is 1.28 bits per heavy atom. The molecule has 1 aromatic carbocycles. The Hall–Kier alpha value is -1.94. The summed E-state index contributed by atoms with van der Waals surface area (Å²) in [6.45, 7) is 0.194. The zero-order chi connectivity index (χ0) is 25.9. The fourth-order valence-electron chi connectivity index (χ4n) is 3.59. The number of H-pyrrole nitrogens is 1. The highest BCUT2D eigenvalue weighted by Crippen LogP contribution is 2.49. The number of para-hydroxylation sites is 1. The zero-order valence-corrected chi connectivity index (χ0v) is 22.6. The van der Waals surface area contributed by atoms with Gasteiger partial charge in [0.15, 0.2) is 0 Å². The molecule has 1 fully saturated rings. The van der Waals surface area contributed by atoms with E-state index in [0.29, 0.717) is 27.9 Å². The summed E-state index contributed by atoms with van der Waals surface area (Å²) in [6, 6.07) is 6.92. The van der Waals surface area contributed by atoms with E-state index in [2.05, 4.69) is 42.2 Å². The van der Waals surface area contributed by atoms with Gasteiger partial charge < -0.3 is 14.5 Å². The van der Waals surface area contributed by atoms with Crippen molar-refractivity contribution in [2.75, 3.05) is 30.4 Å². The summed E-state index contributed by atoms with van der Waals surface area (Å²) < 4.78 is 47.2. The summed E-state index contributed by atoms with van der Waals surface area (Å²) in [5, 5.41) is 19.3. The van der Waals surface area contributed by atoms with Crippen molar-refractivity contribution in [1.29, 1.82) is 0 Å². The predicted molar refractivity (Wildman–Crippen MR) is 133 cm³/mol. The van der Waals surface area contributed by atoms with Gasteiger partial charge in [0.25, 0.3) is 5.56 Å². The number of ether oxygens (including phenoxy) is 1. The number of aliphatic hydroxyl groups is 1. The van der Waals surface area contributed by atoms with Crippen molar-refractivity contribution < 1.29 is 27.9 Å². The number of fused-ring (bicyclic) bond motifs is 1. The maximum atomic E-state index is 14.0. The van der Waals surface area contributed by atoms with Crippen LogP contribution in [0.15, 0.2) is 40.1 Å². The number of hydrogen-bond donors (Lipinski definition) is 2.